The van der Waals surface area contributed by atoms with Crippen molar-refractivity contribution in [3.05, 3.63) is 35.8 Å². The van der Waals surface area contributed by atoms with E-state index in [9.17, 15) is 9.59 Å². The van der Waals surface area contributed by atoms with Gasteiger partial charge in [-0.1, -0.05) is 13.0 Å². The van der Waals surface area contributed by atoms with Crippen LogP contribution in [0, 0.1) is 0 Å². The largest absolute Gasteiger partial charge is 0.481 e. The normalized spacial score (nSPS) is 10.7. The number of hydrogen-bond acceptors (Lipinski definition) is 3. The molecule has 2 aromatic rings. The number of fused-ring (bicyclic) bond motifs is 1. The standard InChI is InChI=1S/C14H17N3O3/c1-3-10-13(14(20)16(2)9-7-12(18)19)17-8-5-4-6-11(17)15-10/h4-6,8H,3,7,9H2,1-2H3,(H,18,19). The number of aromatic nitrogens is 2. The molecule has 1 amide bonds. The summed E-state index contributed by atoms with van der Waals surface area (Å²) >= 11 is 0. The lowest BCUT2D eigenvalue weighted by Gasteiger charge is -2.16. The van der Waals surface area contributed by atoms with Crippen LogP contribution >= 0.6 is 0 Å². The van der Waals surface area contributed by atoms with E-state index in [1.807, 2.05) is 25.1 Å². The number of aryl methyl sites for hydroxylation is 1. The first-order chi connectivity index (χ1) is 9.54. The lowest BCUT2D eigenvalue weighted by Crippen LogP contribution is -2.30. The van der Waals surface area contributed by atoms with E-state index in [1.54, 1.807) is 17.6 Å². The molecule has 1 N–H and O–H groups in total. The molecule has 6 heteroatoms. The minimum Gasteiger partial charge on any atom is -0.481 e. The third-order valence-electron chi connectivity index (χ3n) is 3.15. The van der Waals surface area contributed by atoms with Crippen LogP contribution < -0.4 is 0 Å². The number of imidazole rings is 1. The number of carboxylic acid groups (broad SMARTS) is 1. The van der Waals surface area contributed by atoms with Gasteiger partial charge in [0.25, 0.3) is 5.91 Å². The van der Waals surface area contributed by atoms with Crippen LogP contribution in [0.1, 0.15) is 29.5 Å². The Kier molecular flexibility index (Phi) is 4.02. The molecule has 0 saturated carbocycles. The minimum atomic E-state index is -0.918. The van der Waals surface area contributed by atoms with Gasteiger partial charge in [-0.25, -0.2) is 4.98 Å². The van der Waals surface area contributed by atoms with Crippen LogP contribution in [0.3, 0.4) is 0 Å². The Bertz CT molecular complexity index is 648. The quantitative estimate of drug-likeness (QED) is 0.896. The monoisotopic (exact) mass is 275 g/mol. The van der Waals surface area contributed by atoms with E-state index >= 15 is 0 Å². The molecular formula is C14H17N3O3. The van der Waals surface area contributed by atoms with Gasteiger partial charge < -0.3 is 10.0 Å². The fourth-order valence-corrected chi connectivity index (χ4v) is 2.06. The molecule has 0 aromatic carbocycles. The first kappa shape index (κ1) is 14.0. The number of carbonyl (C=O) groups is 2. The summed E-state index contributed by atoms with van der Waals surface area (Å²) in [4.78, 5) is 28.9. The van der Waals surface area contributed by atoms with Crippen molar-refractivity contribution < 1.29 is 14.7 Å². The molecule has 6 nitrogen and oxygen atoms in total. The number of hydrogen-bond donors (Lipinski definition) is 1. The zero-order valence-corrected chi connectivity index (χ0v) is 11.5. The van der Waals surface area contributed by atoms with Gasteiger partial charge >= 0.3 is 5.97 Å². The van der Waals surface area contributed by atoms with E-state index in [4.69, 9.17) is 5.11 Å². The van der Waals surface area contributed by atoms with E-state index in [0.717, 1.165) is 11.3 Å². The number of amides is 1. The van der Waals surface area contributed by atoms with Crippen molar-refractivity contribution in [2.24, 2.45) is 0 Å². The van der Waals surface area contributed by atoms with Crippen LogP contribution in [0.2, 0.25) is 0 Å². The van der Waals surface area contributed by atoms with Crippen molar-refractivity contribution >= 4 is 17.5 Å². The van der Waals surface area contributed by atoms with Crippen LogP contribution in [0.4, 0.5) is 0 Å². The van der Waals surface area contributed by atoms with Crippen molar-refractivity contribution in [1.29, 1.82) is 0 Å². The predicted molar refractivity (Wildman–Crippen MR) is 73.8 cm³/mol. The summed E-state index contributed by atoms with van der Waals surface area (Å²) in [7, 11) is 1.60. The molecule has 2 heterocycles. The van der Waals surface area contributed by atoms with Crippen molar-refractivity contribution in [2.45, 2.75) is 19.8 Å². The molecule has 0 radical (unpaired) electrons. The van der Waals surface area contributed by atoms with Gasteiger partial charge in [0.05, 0.1) is 12.1 Å². The topological polar surface area (TPSA) is 74.9 Å². The third-order valence-corrected chi connectivity index (χ3v) is 3.15. The van der Waals surface area contributed by atoms with Crippen LogP contribution in [0.25, 0.3) is 5.65 Å². The molecular weight excluding hydrogens is 258 g/mol. The summed E-state index contributed by atoms with van der Waals surface area (Å²) in [5, 5.41) is 8.69. The maximum atomic E-state index is 12.5. The second kappa shape index (κ2) is 5.73. The zero-order valence-electron chi connectivity index (χ0n) is 11.5. The zero-order chi connectivity index (χ0) is 14.7. The van der Waals surface area contributed by atoms with Gasteiger partial charge in [0.2, 0.25) is 0 Å². The lowest BCUT2D eigenvalue weighted by molar-refractivity contribution is -0.137. The van der Waals surface area contributed by atoms with Crippen molar-refractivity contribution in [3.8, 4) is 0 Å². The van der Waals surface area contributed by atoms with E-state index in [1.165, 1.54) is 4.90 Å². The molecule has 2 rings (SSSR count). The highest BCUT2D eigenvalue weighted by atomic mass is 16.4. The Morgan fingerprint density at radius 3 is 2.80 bits per heavy atom. The SMILES string of the molecule is CCc1nc2ccccn2c1C(=O)N(C)CCC(=O)O. The van der Waals surface area contributed by atoms with Crippen LogP contribution in [-0.4, -0.2) is 44.9 Å². The van der Waals surface area contributed by atoms with Gasteiger partial charge in [0.15, 0.2) is 0 Å². The van der Waals surface area contributed by atoms with Crippen molar-refractivity contribution in [2.75, 3.05) is 13.6 Å². The lowest BCUT2D eigenvalue weighted by atomic mass is 10.2. The third kappa shape index (κ3) is 2.64. The Labute approximate surface area is 116 Å². The van der Waals surface area contributed by atoms with Gasteiger partial charge in [-0.3, -0.25) is 14.0 Å². The number of rotatable bonds is 5. The summed E-state index contributed by atoms with van der Waals surface area (Å²) in [6.07, 6.45) is 2.37. The minimum absolute atomic E-state index is 0.0690. The number of aliphatic carboxylic acids is 1. The molecule has 0 aliphatic heterocycles. The molecule has 106 valence electrons. The Morgan fingerprint density at radius 1 is 1.40 bits per heavy atom. The molecule has 0 spiro atoms. The van der Waals surface area contributed by atoms with E-state index in [-0.39, 0.29) is 18.9 Å². The summed E-state index contributed by atoms with van der Waals surface area (Å²) in [6, 6.07) is 5.54. The average Bonchev–Trinajstić information content (AvgIpc) is 2.82. The summed E-state index contributed by atoms with van der Waals surface area (Å²) in [5.41, 5.74) is 1.96. The van der Waals surface area contributed by atoms with Gasteiger partial charge in [0, 0.05) is 19.8 Å². The Morgan fingerprint density at radius 2 is 2.15 bits per heavy atom. The van der Waals surface area contributed by atoms with Crippen LogP contribution in [0.15, 0.2) is 24.4 Å². The fraction of sp³-hybridized carbons (Fsp3) is 0.357. The van der Waals surface area contributed by atoms with Gasteiger partial charge in [0.1, 0.15) is 11.3 Å². The Hall–Kier alpha value is -2.37. The van der Waals surface area contributed by atoms with Gasteiger partial charge in [-0.05, 0) is 18.6 Å². The first-order valence-electron chi connectivity index (χ1n) is 6.47. The molecule has 0 aliphatic carbocycles. The average molecular weight is 275 g/mol. The highest BCUT2D eigenvalue weighted by Crippen LogP contribution is 2.15. The molecule has 2 aromatic heterocycles. The molecule has 0 saturated heterocycles. The molecule has 0 fully saturated rings. The maximum absolute atomic E-state index is 12.5. The second-order valence-corrected chi connectivity index (χ2v) is 4.56. The predicted octanol–water partition coefficient (Wildman–Crippen LogP) is 1.44. The van der Waals surface area contributed by atoms with Crippen molar-refractivity contribution in [3.63, 3.8) is 0 Å². The molecule has 0 unspecified atom stereocenters. The number of pyridine rings is 1. The number of nitrogens with zero attached hydrogens (tertiary/aromatic N) is 3. The highest BCUT2D eigenvalue weighted by molar-refractivity contribution is 5.94. The summed E-state index contributed by atoms with van der Waals surface area (Å²) in [5.74, 6) is -1.12. The summed E-state index contributed by atoms with van der Waals surface area (Å²) in [6.45, 7) is 2.12. The Balaban J connectivity index is 2.35. The molecule has 0 atom stereocenters. The van der Waals surface area contributed by atoms with Gasteiger partial charge in [-0.15, -0.1) is 0 Å². The smallest absolute Gasteiger partial charge is 0.305 e. The van der Waals surface area contributed by atoms with Crippen LogP contribution in [0.5, 0.6) is 0 Å². The second-order valence-electron chi connectivity index (χ2n) is 4.56. The fourth-order valence-electron chi connectivity index (χ4n) is 2.06. The van der Waals surface area contributed by atoms with E-state index in [0.29, 0.717) is 12.1 Å². The molecule has 20 heavy (non-hydrogen) atoms. The molecule has 0 aliphatic rings. The maximum Gasteiger partial charge on any atom is 0.305 e. The van der Waals surface area contributed by atoms with E-state index in [2.05, 4.69) is 4.98 Å². The highest BCUT2D eigenvalue weighted by Gasteiger charge is 2.21. The van der Waals surface area contributed by atoms with E-state index < -0.39 is 5.97 Å². The number of carboxylic acids is 1. The number of carbonyl (C=O) groups excluding carboxylic acids is 1. The first-order valence-corrected chi connectivity index (χ1v) is 6.47. The van der Waals surface area contributed by atoms with Crippen molar-refractivity contribution in [1.82, 2.24) is 14.3 Å². The molecule has 0 bridgehead atoms. The van der Waals surface area contributed by atoms with Gasteiger partial charge in [-0.2, -0.15) is 0 Å². The summed E-state index contributed by atoms with van der Waals surface area (Å²) < 4.78 is 1.75. The van der Waals surface area contributed by atoms with Crippen LogP contribution in [-0.2, 0) is 11.2 Å².